The lowest BCUT2D eigenvalue weighted by atomic mass is 10.2. The molecule has 1 aliphatic rings. The second-order valence-corrected chi connectivity index (χ2v) is 6.91. The van der Waals surface area contributed by atoms with Crippen molar-refractivity contribution < 1.29 is 9.18 Å². The van der Waals surface area contributed by atoms with Crippen LogP contribution in [0.2, 0.25) is 0 Å². The number of thiophene rings is 1. The summed E-state index contributed by atoms with van der Waals surface area (Å²) >= 11 is 1.52. The van der Waals surface area contributed by atoms with E-state index in [1.54, 1.807) is 23.1 Å². The van der Waals surface area contributed by atoms with Crippen molar-refractivity contribution in [1.82, 2.24) is 25.1 Å². The van der Waals surface area contributed by atoms with Gasteiger partial charge < -0.3 is 4.90 Å². The van der Waals surface area contributed by atoms with Gasteiger partial charge in [-0.1, -0.05) is 24.3 Å². The summed E-state index contributed by atoms with van der Waals surface area (Å²) in [6.07, 6.45) is 1.90. The highest BCUT2D eigenvalue weighted by atomic mass is 32.1. The van der Waals surface area contributed by atoms with Gasteiger partial charge in [0.25, 0.3) is 0 Å². The van der Waals surface area contributed by atoms with Gasteiger partial charge in [0.15, 0.2) is 0 Å². The summed E-state index contributed by atoms with van der Waals surface area (Å²) in [4.78, 5) is 16.6. The molecule has 1 saturated carbocycles. The van der Waals surface area contributed by atoms with Crippen molar-refractivity contribution in [3.05, 3.63) is 53.2 Å². The molecule has 0 unspecified atom stereocenters. The predicted octanol–water partition coefficient (Wildman–Crippen LogP) is 2.73. The quantitative estimate of drug-likeness (QED) is 0.680. The molecule has 0 spiro atoms. The molecule has 25 heavy (non-hydrogen) atoms. The highest BCUT2D eigenvalue weighted by Crippen LogP contribution is 2.29. The van der Waals surface area contributed by atoms with E-state index in [1.807, 2.05) is 17.5 Å². The molecule has 6 nitrogen and oxygen atoms in total. The number of halogens is 1. The Bertz CT molecular complexity index is 875. The fourth-order valence-electron chi connectivity index (χ4n) is 2.64. The molecule has 1 amide bonds. The first-order valence-corrected chi connectivity index (χ1v) is 8.93. The summed E-state index contributed by atoms with van der Waals surface area (Å²) in [5, 5.41) is 14.1. The van der Waals surface area contributed by atoms with Gasteiger partial charge in [0.1, 0.15) is 12.4 Å². The molecule has 128 valence electrons. The molecule has 1 fully saturated rings. The van der Waals surface area contributed by atoms with Crippen molar-refractivity contribution >= 4 is 17.2 Å². The van der Waals surface area contributed by atoms with Crippen molar-refractivity contribution in [3.63, 3.8) is 0 Å². The maximum absolute atomic E-state index is 13.9. The largest absolute Gasteiger partial charge is 0.334 e. The first-order chi connectivity index (χ1) is 12.2. The number of aromatic nitrogens is 4. The Hall–Kier alpha value is -2.61. The molecule has 1 aliphatic carbocycles. The first kappa shape index (κ1) is 15.9. The molecule has 0 radical (unpaired) electrons. The van der Waals surface area contributed by atoms with Crippen LogP contribution < -0.4 is 0 Å². The topological polar surface area (TPSA) is 63.9 Å². The Morgan fingerprint density at radius 2 is 2.12 bits per heavy atom. The Morgan fingerprint density at radius 1 is 1.28 bits per heavy atom. The SMILES string of the molecule is O=C(Cn1nnc(-c2cccs2)n1)N(Cc1ccccc1F)C1CC1. The van der Waals surface area contributed by atoms with Crippen LogP contribution in [0.15, 0.2) is 41.8 Å². The molecule has 4 rings (SSSR count). The monoisotopic (exact) mass is 357 g/mol. The number of benzene rings is 1. The van der Waals surface area contributed by atoms with Crippen LogP contribution >= 0.6 is 11.3 Å². The van der Waals surface area contributed by atoms with Crippen molar-refractivity contribution in [1.29, 1.82) is 0 Å². The number of hydrogen-bond acceptors (Lipinski definition) is 5. The maximum atomic E-state index is 13.9. The lowest BCUT2D eigenvalue weighted by Crippen LogP contribution is -2.36. The van der Waals surface area contributed by atoms with E-state index in [-0.39, 0.29) is 30.9 Å². The fraction of sp³-hybridized carbons (Fsp3) is 0.294. The van der Waals surface area contributed by atoms with Crippen LogP contribution in [0.1, 0.15) is 18.4 Å². The molecule has 8 heteroatoms. The van der Waals surface area contributed by atoms with E-state index in [4.69, 9.17) is 0 Å². The molecule has 0 N–H and O–H groups in total. The zero-order valence-corrected chi connectivity index (χ0v) is 14.2. The number of tetrazole rings is 1. The average Bonchev–Trinajstić information content (AvgIpc) is 3.09. The normalized spacial score (nSPS) is 13.8. The number of carbonyl (C=O) groups is 1. The number of hydrogen-bond donors (Lipinski definition) is 0. The third-order valence-corrected chi connectivity index (χ3v) is 4.94. The average molecular weight is 357 g/mol. The van der Waals surface area contributed by atoms with Crippen molar-refractivity contribution in [2.24, 2.45) is 0 Å². The van der Waals surface area contributed by atoms with Gasteiger partial charge in [0.05, 0.1) is 4.88 Å². The van der Waals surface area contributed by atoms with Crippen LogP contribution in [0.3, 0.4) is 0 Å². The molecule has 0 aliphatic heterocycles. The van der Waals surface area contributed by atoms with Gasteiger partial charge in [-0.15, -0.1) is 21.5 Å². The second kappa shape index (κ2) is 6.72. The molecule has 0 atom stereocenters. The van der Waals surface area contributed by atoms with Gasteiger partial charge in [-0.3, -0.25) is 4.79 Å². The number of nitrogens with zero attached hydrogens (tertiary/aromatic N) is 5. The number of rotatable bonds is 6. The van der Waals surface area contributed by atoms with E-state index in [0.29, 0.717) is 11.4 Å². The van der Waals surface area contributed by atoms with Gasteiger partial charge in [-0.25, -0.2) is 4.39 Å². The Morgan fingerprint density at radius 3 is 2.84 bits per heavy atom. The summed E-state index contributed by atoms with van der Waals surface area (Å²) < 4.78 is 13.9. The lowest BCUT2D eigenvalue weighted by molar-refractivity contribution is -0.133. The van der Waals surface area contributed by atoms with Crippen LogP contribution in [-0.2, 0) is 17.9 Å². The number of amides is 1. The molecule has 3 aromatic rings. The maximum Gasteiger partial charge on any atom is 0.246 e. The third kappa shape index (κ3) is 3.58. The molecule has 2 heterocycles. The molecule has 0 saturated heterocycles. The molecule has 2 aromatic heterocycles. The lowest BCUT2D eigenvalue weighted by Gasteiger charge is -2.22. The summed E-state index contributed by atoms with van der Waals surface area (Å²) in [6, 6.07) is 10.5. The van der Waals surface area contributed by atoms with E-state index < -0.39 is 0 Å². The molecular weight excluding hydrogens is 341 g/mol. The standard InChI is InChI=1S/C17H16FN5OS/c18-14-5-2-1-4-12(14)10-22(13-7-8-13)16(24)11-23-20-17(19-21-23)15-6-3-9-25-15/h1-6,9,13H,7-8,10-11H2. The van der Waals surface area contributed by atoms with E-state index in [1.165, 1.54) is 22.2 Å². The van der Waals surface area contributed by atoms with Gasteiger partial charge in [0.2, 0.25) is 11.7 Å². The van der Waals surface area contributed by atoms with Gasteiger partial charge >= 0.3 is 0 Å². The Balaban J connectivity index is 1.47. The van der Waals surface area contributed by atoms with Crippen molar-refractivity contribution in [2.45, 2.75) is 32.0 Å². The zero-order valence-electron chi connectivity index (χ0n) is 13.4. The van der Waals surface area contributed by atoms with Crippen LogP contribution in [0.5, 0.6) is 0 Å². The Labute approximate surface area is 147 Å². The highest BCUT2D eigenvalue weighted by molar-refractivity contribution is 7.13. The fourth-order valence-corrected chi connectivity index (χ4v) is 3.29. The third-order valence-electron chi connectivity index (χ3n) is 4.08. The van der Waals surface area contributed by atoms with Gasteiger partial charge in [-0.05, 0) is 35.6 Å². The molecule has 1 aromatic carbocycles. The highest BCUT2D eigenvalue weighted by Gasteiger charge is 2.33. The minimum absolute atomic E-state index is 0.00330. The first-order valence-electron chi connectivity index (χ1n) is 8.05. The summed E-state index contributed by atoms with van der Waals surface area (Å²) in [7, 11) is 0. The van der Waals surface area contributed by atoms with Crippen LogP contribution in [0.4, 0.5) is 4.39 Å². The summed E-state index contributed by atoms with van der Waals surface area (Å²) in [6.45, 7) is 0.270. The van der Waals surface area contributed by atoms with E-state index in [2.05, 4.69) is 15.4 Å². The van der Waals surface area contributed by atoms with Gasteiger partial charge in [-0.2, -0.15) is 4.80 Å². The van der Waals surface area contributed by atoms with E-state index >= 15 is 0 Å². The van der Waals surface area contributed by atoms with Crippen LogP contribution in [0, 0.1) is 5.82 Å². The predicted molar refractivity (Wildman–Crippen MR) is 91.1 cm³/mol. The number of carbonyl (C=O) groups excluding carboxylic acids is 1. The summed E-state index contributed by atoms with van der Waals surface area (Å²) in [5.41, 5.74) is 0.522. The summed E-state index contributed by atoms with van der Waals surface area (Å²) in [5.74, 6) is 0.0931. The van der Waals surface area contributed by atoms with Crippen LogP contribution in [-0.4, -0.2) is 37.1 Å². The Kier molecular flexibility index (Phi) is 4.27. The van der Waals surface area contributed by atoms with E-state index in [9.17, 15) is 9.18 Å². The van der Waals surface area contributed by atoms with Crippen molar-refractivity contribution in [2.75, 3.05) is 0 Å². The van der Waals surface area contributed by atoms with Crippen LogP contribution in [0.25, 0.3) is 10.7 Å². The van der Waals surface area contributed by atoms with E-state index in [0.717, 1.165) is 17.7 Å². The smallest absolute Gasteiger partial charge is 0.246 e. The second-order valence-electron chi connectivity index (χ2n) is 5.96. The van der Waals surface area contributed by atoms with Gasteiger partial charge in [0, 0.05) is 18.2 Å². The van der Waals surface area contributed by atoms with Crippen molar-refractivity contribution in [3.8, 4) is 10.7 Å². The minimum Gasteiger partial charge on any atom is -0.334 e. The zero-order chi connectivity index (χ0) is 17.2. The minimum atomic E-state index is -0.292. The molecular formula is C17H16FN5OS. The molecule has 0 bridgehead atoms.